The van der Waals surface area contributed by atoms with Crippen molar-refractivity contribution in [2.45, 2.75) is 0 Å². The van der Waals surface area contributed by atoms with Crippen molar-refractivity contribution in [3.8, 4) is 61.3 Å². The molecule has 0 unspecified atom stereocenters. The first-order chi connectivity index (χ1) is 36.7. The van der Waals surface area contributed by atoms with Gasteiger partial charge < -0.3 is 9.47 Å². The first kappa shape index (κ1) is 43.1. The Bertz CT molecular complexity index is 4380. The van der Waals surface area contributed by atoms with Gasteiger partial charge in [0.2, 0.25) is 0 Å². The lowest BCUT2D eigenvalue weighted by molar-refractivity contribution is 1.19. The van der Waals surface area contributed by atoms with Gasteiger partial charge in [-0.05, 0) is 143 Å². The Hall–Kier alpha value is -9.76. The molecule has 0 saturated carbocycles. The summed E-state index contributed by atoms with van der Waals surface area (Å²) in [4.78, 5) is 2.38. The smallest absolute Gasteiger partial charge is 0.0619 e. The number of benzene rings is 13. The molecule has 74 heavy (non-hydrogen) atoms. The lowest BCUT2D eigenvalue weighted by Crippen LogP contribution is -2.09. The van der Waals surface area contributed by atoms with Crippen LogP contribution >= 0.6 is 0 Å². The summed E-state index contributed by atoms with van der Waals surface area (Å²) >= 11 is 0. The predicted octanol–water partition coefficient (Wildman–Crippen LogP) is 20.0. The Labute approximate surface area is 430 Å². The maximum absolute atomic E-state index is 2.44. The summed E-state index contributed by atoms with van der Waals surface area (Å²) in [5.41, 5.74) is 18.7. The van der Waals surface area contributed by atoms with E-state index >= 15 is 0 Å². The van der Waals surface area contributed by atoms with E-state index in [-0.39, 0.29) is 0 Å². The number of anilines is 3. The molecule has 0 aliphatic rings. The molecule has 2 nitrogen and oxygen atoms in total. The van der Waals surface area contributed by atoms with Crippen LogP contribution in [0.15, 0.2) is 291 Å². The van der Waals surface area contributed by atoms with Crippen LogP contribution in [0.1, 0.15) is 0 Å². The van der Waals surface area contributed by atoms with Gasteiger partial charge in [-0.15, -0.1) is 0 Å². The van der Waals surface area contributed by atoms with Crippen LogP contribution in [-0.2, 0) is 0 Å². The third-order valence-corrected chi connectivity index (χ3v) is 15.0. The van der Waals surface area contributed by atoms with Crippen molar-refractivity contribution in [1.29, 1.82) is 0 Å². The summed E-state index contributed by atoms with van der Waals surface area (Å²) in [6, 6.07) is 106. The Morgan fingerprint density at radius 1 is 0.230 bits per heavy atom. The van der Waals surface area contributed by atoms with Crippen molar-refractivity contribution in [3.63, 3.8) is 0 Å². The highest BCUT2D eigenvalue weighted by molar-refractivity contribution is 6.19. The van der Waals surface area contributed by atoms with Crippen LogP contribution in [0, 0.1) is 0 Å². The second-order valence-corrected chi connectivity index (χ2v) is 19.2. The average Bonchev–Trinajstić information content (AvgIpc) is 3.85. The predicted molar refractivity (Wildman–Crippen MR) is 315 cm³/mol. The molecular formula is C72H48N2. The van der Waals surface area contributed by atoms with Crippen molar-refractivity contribution in [2.24, 2.45) is 0 Å². The highest BCUT2D eigenvalue weighted by atomic mass is 15.1. The van der Waals surface area contributed by atoms with Gasteiger partial charge in [-0.1, -0.05) is 231 Å². The third-order valence-electron chi connectivity index (χ3n) is 15.0. The molecule has 0 atom stereocenters. The third kappa shape index (κ3) is 7.52. The van der Waals surface area contributed by atoms with Gasteiger partial charge in [0.25, 0.3) is 0 Å². The van der Waals surface area contributed by atoms with Crippen LogP contribution < -0.4 is 4.90 Å². The van der Waals surface area contributed by atoms with Crippen molar-refractivity contribution >= 4 is 71.2 Å². The zero-order chi connectivity index (χ0) is 49.0. The molecule has 2 heteroatoms. The summed E-state index contributed by atoms with van der Waals surface area (Å²) in [7, 11) is 0. The summed E-state index contributed by atoms with van der Waals surface area (Å²) in [6.07, 6.45) is 0. The number of fused-ring (bicyclic) bond motifs is 8. The zero-order valence-electron chi connectivity index (χ0n) is 40.6. The van der Waals surface area contributed by atoms with Crippen LogP contribution in [0.25, 0.3) is 115 Å². The van der Waals surface area contributed by atoms with Gasteiger partial charge in [-0.3, -0.25) is 0 Å². The van der Waals surface area contributed by atoms with Gasteiger partial charge in [-0.25, -0.2) is 0 Å². The molecule has 0 saturated heterocycles. The first-order valence-electron chi connectivity index (χ1n) is 25.5. The van der Waals surface area contributed by atoms with Crippen LogP contribution in [0.3, 0.4) is 0 Å². The number of hydrogen-bond donors (Lipinski definition) is 0. The van der Waals surface area contributed by atoms with Crippen LogP contribution in [0.4, 0.5) is 17.1 Å². The number of para-hydroxylation sites is 1. The van der Waals surface area contributed by atoms with Crippen molar-refractivity contribution < 1.29 is 0 Å². The molecule has 0 bridgehead atoms. The molecule has 346 valence electrons. The van der Waals surface area contributed by atoms with E-state index in [1.54, 1.807) is 0 Å². The molecule has 13 aromatic carbocycles. The molecule has 1 heterocycles. The topological polar surface area (TPSA) is 8.17 Å². The molecule has 0 fully saturated rings. The van der Waals surface area contributed by atoms with E-state index in [9.17, 15) is 0 Å². The summed E-state index contributed by atoms with van der Waals surface area (Å²) in [6.45, 7) is 0. The zero-order valence-corrected chi connectivity index (χ0v) is 40.6. The minimum absolute atomic E-state index is 1.08. The molecule has 1 aromatic heterocycles. The first-order valence-corrected chi connectivity index (χ1v) is 25.5. The fourth-order valence-corrected chi connectivity index (χ4v) is 11.4. The molecule has 0 aliphatic heterocycles. The number of hydrogen-bond acceptors (Lipinski definition) is 1. The standard InChI is InChI=1S/C72H48N2/c1-3-15-51(16-4-1)63-22-11-13-25-67(63)68-26-14-12-23-64(68)54-33-42-61(43-34-54)73(59-38-29-49(30-39-59)55-36-44-65-57(47-55)28-27-52-17-7-9-21-62(52)65)60-40-31-50(32-41-60)56-37-45-69-70-46-35-53-18-8-10-24-66(53)72(70)74(71(69)48-56)58-19-5-2-6-20-58/h1-48H. The van der Waals surface area contributed by atoms with Gasteiger partial charge in [0.1, 0.15) is 0 Å². The van der Waals surface area contributed by atoms with Crippen molar-refractivity contribution in [1.82, 2.24) is 4.57 Å². The molecule has 0 spiro atoms. The fourth-order valence-electron chi connectivity index (χ4n) is 11.4. The van der Waals surface area contributed by atoms with Crippen LogP contribution in [0.2, 0.25) is 0 Å². The highest BCUT2D eigenvalue weighted by Crippen LogP contribution is 2.43. The second kappa shape index (κ2) is 18.1. The maximum Gasteiger partial charge on any atom is 0.0619 e. The summed E-state index contributed by atoms with van der Waals surface area (Å²) < 4.78 is 2.44. The normalized spacial score (nSPS) is 11.5. The van der Waals surface area contributed by atoms with Gasteiger partial charge in [0.15, 0.2) is 0 Å². The van der Waals surface area contributed by atoms with Gasteiger partial charge in [-0.2, -0.15) is 0 Å². The minimum atomic E-state index is 1.08. The summed E-state index contributed by atoms with van der Waals surface area (Å²) in [5, 5.41) is 10.0. The average molecular weight is 941 g/mol. The Balaban J connectivity index is 0.857. The monoisotopic (exact) mass is 940 g/mol. The lowest BCUT2D eigenvalue weighted by atomic mass is 9.89. The largest absolute Gasteiger partial charge is 0.311 e. The van der Waals surface area contributed by atoms with E-state index in [1.807, 2.05) is 0 Å². The fraction of sp³-hybridized carbons (Fsp3) is 0. The molecule has 0 radical (unpaired) electrons. The quantitative estimate of drug-likeness (QED) is 0.131. The highest BCUT2D eigenvalue weighted by Gasteiger charge is 2.19. The van der Waals surface area contributed by atoms with E-state index in [1.165, 1.54) is 104 Å². The number of aromatic nitrogens is 1. The van der Waals surface area contributed by atoms with Crippen LogP contribution in [0.5, 0.6) is 0 Å². The Morgan fingerprint density at radius 2 is 0.635 bits per heavy atom. The van der Waals surface area contributed by atoms with E-state index in [0.29, 0.717) is 0 Å². The summed E-state index contributed by atoms with van der Waals surface area (Å²) in [5.74, 6) is 0. The van der Waals surface area contributed by atoms with Crippen molar-refractivity contribution in [3.05, 3.63) is 291 Å². The Morgan fingerprint density at radius 3 is 1.26 bits per heavy atom. The van der Waals surface area contributed by atoms with E-state index in [2.05, 4.69) is 301 Å². The van der Waals surface area contributed by atoms with Crippen molar-refractivity contribution in [2.75, 3.05) is 4.90 Å². The van der Waals surface area contributed by atoms with E-state index < -0.39 is 0 Å². The lowest BCUT2D eigenvalue weighted by Gasteiger charge is -2.26. The second-order valence-electron chi connectivity index (χ2n) is 19.2. The molecule has 0 N–H and O–H groups in total. The Kier molecular flexibility index (Phi) is 10.6. The van der Waals surface area contributed by atoms with E-state index in [0.717, 1.165) is 28.3 Å². The molecule has 14 rings (SSSR count). The van der Waals surface area contributed by atoms with Gasteiger partial charge in [0, 0.05) is 38.9 Å². The van der Waals surface area contributed by atoms with Gasteiger partial charge in [0.05, 0.1) is 11.0 Å². The molecule has 0 aliphatic carbocycles. The molecular weight excluding hydrogens is 893 g/mol. The number of rotatable bonds is 9. The maximum atomic E-state index is 2.44. The SMILES string of the molecule is c1ccc(-c2ccccc2-c2ccccc2-c2ccc(N(c3ccc(-c4ccc5c(ccc6ccccc65)c4)cc3)c3ccc(-c4ccc5c6ccc7ccccc7c6n(-c6ccccc6)c5c4)cc3)cc2)cc1. The molecule has 14 aromatic rings. The minimum Gasteiger partial charge on any atom is -0.311 e. The van der Waals surface area contributed by atoms with Crippen LogP contribution in [-0.4, -0.2) is 4.57 Å². The molecule has 0 amide bonds. The number of nitrogens with zero attached hydrogens (tertiary/aromatic N) is 2. The van der Waals surface area contributed by atoms with E-state index in [4.69, 9.17) is 0 Å². The van der Waals surface area contributed by atoms with Gasteiger partial charge >= 0.3 is 0 Å².